The van der Waals surface area contributed by atoms with Gasteiger partial charge in [0.05, 0.1) is 11.0 Å². The minimum absolute atomic E-state index is 0.0253. The van der Waals surface area contributed by atoms with Crippen molar-refractivity contribution < 1.29 is 37.1 Å². The number of carboxylic acid groups (broad SMARTS) is 1. The third-order valence-corrected chi connectivity index (χ3v) is 6.86. The number of para-hydroxylation sites is 2. The molecule has 0 atom stereocenters. The summed E-state index contributed by atoms with van der Waals surface area (Å²) in [6.45, 7) is 3.76. The Labute approximate surface area is 223 Å². The number of carbonyl (C=O) groups is 1. The molecule has 0 spiro atoms. The fourth-order valence-corrected chi connectivity index (χ4v) is 4.72. The number of alkyl halides is 3. The smallest absolute Gasteiger partial charge is 0.488 e. The van der Waals surface area contributed by atoms with E-state index in [0.29, 0.717) is 29.9 Å². The molecule has 39 heavy (non-hydrogen) atoms. The first kappa shape index (κ1) is 26.3. The summed E-state index contributed by atoms with van der Waals surface area (Å²) < 4.78 is 55.3. The van der Waals surface area contributed by atoms with Gasteiger partial charge in [0.2, 0.25) is 0 Å². The number of hydrogen-bond acceptors (Lipinski definition) is 5. The van der Waals surface area contributed by atoms with Crippen LogP contribution in [0.25, 0.3) is 22.4 Å². The Hall–Kier alpha value is -4.27. The topological polar surface area (TPSA) is 81.8 Å². The van der Waals surface area contributed by atoms with E-state index in [1.807, 2.05) is 56.3 Å². The first-order valence-corrected chi connectivity index (χ1v) is 12.5. The molecule has 1 N–H and O–H groups in total. The van der Waals surface area contributed by atoms with Crippen LogP contribution in [0.2, 0.25) is 0 Å². The third-order valence-electron chi connectivity index (χ3n) is 6.86. The number of rotatable bonds is 9. The van der Waals surface area contributed by atoms with Gasteiger partial charge in [-0.05, 0) is 48.2 Å². The van der Waals surface area contributed by atoms with Gasteiger partial charge in [-0.2, -0.15) is 0 Å². The van der Waals surface area contributed by atoms with Gasteiger partial charge in [0.15, 0.2) is 0 Å². The van der Waals surface area contributed by atoms with Gasteiger partial charge < -0.3 is 19.1 Å². The maximum absolute atomic E-state index is 13.1. The largest absolute Gasteiger partial charge is 0.573 e. The van der Waals surface area contributed by atoms with E-state index in [4.69, 9.17) is 9.26 Å². The second kappa shape index (κ2) is 10.1. The maximum Gasteiger partial charge on any atom is 0.573 e. The molecule has 3 aromatic carbocycles. The van der Waals surface area contributed by atoms with Crippen LogP contribution in [0, 0.1) is 0 Å². The number of carboxylic acids is 1. The molecule has 0 saturated heterocycles. The Balaban J connectivity index is 1.49. The fraction of sp³-hybridized carbons (Fsp3) is 0.267. The molecule has 1 fully saturated rings. The quantitative estimate of drug-likeness (QED) is 0.235. The highest BCUT2D eigenvalue weighted by molar-refractivity contribution is 5.86. The van der Waals surface area contributed by atoms with Crippen molar-refractivity contribution in [2.45, 2.75) is 51.0 Å². The molecule has 9 heteroatoms. The van der Waals surface area contributed by atoms with Crippen molar-refractivity contribution in [2.24, 2.45) is 0 Å². The van der Waals surface area contributed by atoms with Gasteiger partial charge in [-0.15, -0.1) is 13.2 Å². The van der Waals surface area contributed by atoms with E-state index < -0.39 is 17.7 Å². The summed E-state index contributed by atoms with van der Waals surface area (Å²) in [5.41, 5.74) is 2.30. The molecule has 5 rings (SSSR count). The van der Waals surface area contributed by atoms with Crippen LogP contribution in [-0.2, 0) is 16.8 Å². The van der Waals surface area contributed by atoms with Crippen molar-refractivity contribution in [2.75, 3.05) is 0 Å². The molecule has 0 aliphatic heterocycles. The van der Waals surface area contributed by atoms with Crippen molar-refractivity contribution in [3.05, 3.63) is 89.7 Å². The lowest BCUT2D eigenvalue weighted by Gasteiger charge is -2.16. The number of aliphatic carboxylic acids is 1. The second-order valence-corrected chi connectivity index (χ2v) is 9.83. The maximum atomic E-state index is 13.1. The zero-order valence-electron chi connectivity index (χ0n) is 21.3. The highest BCUT2D eigenvalue weighted by Crippen LogP contribution is 2.49. The third kappa shape index (κ3) is 5.34. The molecule has 0 unspecified atom stereocenters. The second-order valence-electron chi connectivity index (χ2n) is 9.83. The first-order valence-electron chi connectivity index (χ1n) is 12.5. The molecule has 4 aromatic rings. The van der Waals surface area contributed by atoms with Gasteiger partial charge in [0, 0.05) is 17.0 Å². The lowest BCUT2D eigenvalue weighted by Crippen LogP contribution is -2.19. The number of benzene rings is 3. The van der Waals surface area contributed by atoms with Gasteiger partial charge in [0.25, 0.3) is 0 Å². The number of nitrogens with zero attached hydrogens (tertiary/aromatic N) is 1. The minimum Gasteiger partial charge on any atom is -0.488 e. The summed E-state index contributed by atoms with van der Waals surface area (Å²) >= 11 is 0. The van der Waals surface area contributed by atoms with Crippen LogP contribution in [0.1, 0.15) is 49.5 Å². The molecule has 1 aliphatic rings. The van der Waals surface area contributed by atoms with Crippen LogP contribution in [0.3, 0.4) is 0 Å². The molecule has 6 nitrogen and oxygen atoms in total. The Morgan fingerprint density at radius 2 is 1.67 bits per heavy atom. The van der Waals surface area contributed by atoms with Crippen molar-refractivity contribution >= 4 is 5.97 Å². The summed E-state index contributed by atoms with van der Waals surface area (Å²) in [6, 6.07) is 20.5. The normalized spacial score (nSPS) is 14.3. The van der Waals surface area contributed by atoms with Crippen LogP contribution in [0.5, 0.6) is 11.5 Å². The van der Waals surface area contributed by atoms with Crippen molar-refractivity contribution in [1.29, 1.82) is 0 Å². The summed E-state index contributed by atoms with van der Waals surface area (Å²) in [5, 5.41) is 13.8. The van der Waals surface area contributed by atoms with E-state index in [0.717, 1.165) is 16.7 Å². The van der Waals surface area contributed by atoms with E-state index in [9.17, 15) is 23.1 Å². The molecule has 0 amide bonds. The van der Waals surface area contributed by atoms with E-state index >= 15 is 0 Å². The molecule has 0 radical (unpaired) electrons. The Morgan fingerprint density at radius 1 is 1.00 bits per heavy atom. The predicted molar refractivity (Wildman–Crippen MR) is 137 cm³/mol. The molecule has 1 saturated carbocycles. The summed E-state index contributed by atoms with van der Waals surface area (Å²) in [6.07, 6.45) is -3.68. The van der Waals surface area contributed by atoms with Crippen molar-refractivity contribution in [3.63, 3.8) is 0 Å². The zero-order chi connectivity index (χ0) is 27.8. The standard InChI is InChI=1S/C30H26F3NO5/c1-18(2)27-23(26(34-39-27)22-11-4-6-13-25(22)38-30(31,32)33)17-37-24-12-5-3-10-21(24)19-8-7-9-20(16-19)29(14-15-29)28(35)36/h3-13,16,18H,14-15,17H2,1-2H3,(H,35,36). The lowest BCUT2D eigenvalue weighted by atomic mass is 9.92. The number of ether oxygens (including phenoxy) is 2. The van der Waals surface area contributed by atoms with Gasteiger partial charge >= 0.3 is 12.3 Å². The molecule has 0 bridgehead atoms. The van der Waals surface area contributed by atoms with Crippen LogP contribution < -0.4 is 9.47 Å². The van der Waals surface area contributed by atoms with Gasteiger partial charge in [-0.1, -0.05) is 67.5 Å². The average molecular weight is 538 g/mol. The van der Waals surface area contributed by atoms with Gasteiger partial charge in [-0.25, -0.2) is 0 Å². The highest BCUT2D eigenvalue weighted by atomic mass is 19.4. The van der Waals surface area contributed by atoms with Gasteiger partial charge in [-0.3, -0.25) is 4.79 Å². The fourth-order valence-electron chi connectivity index (χ4n) is 4.72. The number of hydrogen-bond donors (Lipinski definition) is 1. The van der Waals surface area contributed by atoms with Crippen LogP contribution in [-0.4, -0.2) is 22.6 Å². The minimum atomic E-state index is -4.87. The molecular formula is C30H26F3NO5. The van der Waals surface area contributed by atoms with E-state index in [1.165, 1.54) is 18.2 Å². The van der Waals surface area contributed by atoms with E-state index in [1.54, 1.807) is 12.1 Å². The molecular weight excluding hydrogens is 511 g/mol. The van der Waals surface area contributed by atoms with Crippen molar-refractivity contribution in [3.8, 4) is 33.9 Å². The molecule has 1 aromatic heterocycles. The summed E-state index contributed by atoms with van der Waals surface area (Å²) in [5.74, 6) is -0.321. The van der Waals surface area contributed by atoms with Crippen LogP contribution in [0.15, 0.2) is 77.3 Å². The number of halogens is 3. The monoisotopic (exact) mass is 537 g/mol. The lowest BCUT2D eigenvalue weighted by molar-refractivity contribution is -0.274. The molecule has 1 aliphatic carbocycles. The van der Waals surface area contributed by atoms with Gasteiger partial charge in [0.1, 0.15) is 29.6 Å². The van der Waals surface area contributed by atoms with E-state index in [-0.39, 0.29) is 29.5 Å². The SMILES string of the molecule is CC(C)c1onc(-c2ccccc2OC(F)(F)F)c1COc1ccccc1-c1cccc(C2(C(=O)O)CC2)c1. The van der Waals surface area contributed by atoms with E-state index in [2.05, 4.69) is 9.89 Å². The molecule has 1 heterocycles. The number of aromatic nitrogens is 1. The predicted octanol–water partition coefficient (Wildman–Crippen LogP) is 7.73. The Morgan fingerprint density at radius 3 is 2.31 bits per heavy atom. The van der Waals surface area contributed by atoms with Crippen molar-refractivity contribution in [1.82, 2.24) is 5.16 Å². The summed E-state index contributed by atoms with van der Waals surface area (Å²) in [7, 11) is 0. The van der Waals surface area contributed by atoms with Crippen LogP contribution >= 0.6 is 0 Å². The van der Waals surface area contributed by atoms with Crippen LogP contribution in [0.4, 0.5) is 13.2 Å². The summed E-state index contributed by atoms with van der Waals surface area (Å²) in [4.78, 5) is 11.9. The zero-order valence-corrected chi connectivity index (χ0v) is 21.3. The molecule has 202 valence electrons. The highest BCUT2D eigenvalue weighted by Gasteiger charge is 2.51. The first-order chi connectivity index (χ1) is 18.6. The average Bonchev–Trinajstić information content (AvgIpc) is 3.61. The Bertz CT molecular complexity index is 1500. The Kier molecular flexibility index (Phi) is 6.84.